The molecule has 0 saturated carbocycles. The molecule has 19 heavy (non-hydrogen) atoms. The van der Waals surface area contributed by atoms with Gasteiger partial charge in [-0.2, -0.15) is 0 Å². The Balaban J connectivity index is 0.00000110. The molecule has 1 aliphatic carbocycles. The zero-order valence-corrected chi connectivity index (χ0v) is 15.4. The van der Waals surface area contributed by atoms with Crippen LogP contribution in [0.25, 0.3) is 10.9 Å². The number of piperidine rings is 1. The number of aromatic amines is 1. The van der Waals surface area contributed by atoms with E-state index in [0.29, 0.717) is 6.04 Å². The molecule has 3 atom stereocenters. The molecular formula is C16H20N2Pr. The van der Waals surface area contributed by atoms with Crippen LogP contribution in [-0.4, -0.2) is 29.5 Å². The molecule has 1 N–H and O–H groups in total. The van der Waals surface area contributed by atoms with Crippen molar-refractivity contribution in [3.05, 3.63) is 35.5 Å². The van der Waals surface area contributed by atoms with E-state index in [9.17, 15) is 0 Å². The Hall–Kier alpha value is 0.0836. The van der Waals surface area contributed by atoms with Crippen molar-refractivity contribution in [2.45, 2.75) is 31.7 Å². The molecular weight excluding hydrogens is 361 g/mol. The first-order valence-corrected chi connectivity index (χ1v) is 7.03. The summed E-state index contributed by atoms with van der Waals surface area (Å²) in [6, 6.07) is 7.47. The third kappa shape index (κ3) is 2.11. The minimum absolute atomic E-state index is 0. The van der Waals surface area contributed by atoms with E-state index in [1.54, 1.807) is 5.56 Å². The van der Waals surface area contributed by atoms with E-state index in [1.807, 2.05) is 0 Å². The fourth-order valence-electron chi connectivity index (χ4n) is 4.21. The third-order valence-electron chi connectivity index (χ3n) is 4.93. The Morgan fingerprint density at radius 2 is 2.16 bits per heavy atom. The van der Waals surface area contributed by atoms with Crippen LogP contribution in [0.4, 0.5) is 0 Å². The van der Waals surface area contributed by atoms with Gasteiger partial charge in [-0.25, -0.2) is 0 Å². The van der Waals surface area contributed by atoms with Crippen LogP contribution in [-0.2, 0) is 6.42 Å². The number of aromatic nitrogens is 1. The molecule has 0 amide bonds. The number of nitrogens with one attached hydrogen (secondary N) is 1. The molecule has 3 heteroatoms. The molecule has 0 bridgehead atoms. The largest absolute Gasteiger partial charge is 0.361 e. The average Bonchev–Trinajstić information content (AvgIpc) is 2.76. The summed E-state index contributed by atoms with van der Waals surface area (Å²) < 4.78 is 0. The van der Waals surface area contributed by atoms with Crippen molar-refractivity contribution in [2.75, 3.05) is 13.6 Å². The molecule has 2 nitrogen and oxygen atoms in total. The quantitative estimate of drug-likeness (QED) is 0.743. The van der Waals surface area contributed by atoms with Gasteiger partial charge in [-0.3, -0.25) is 0 Å². The maximum Gasteiger partial charge on any atom is 0.0459 e. The summed E-state index contributed by atoms with van der Waals surface area (Å²) in [6.45, 7) is 3.64. The van der Waals surface area contributed by atoms with E-state index in [1.165, 1.54) is 35.9 Å². The minimum atomic E-state index is 0. The van der Waals surface area contributed by atoms with Crippen LogP contribution in [0, 0.1) is 47.2 Å². The summed E-state index contributed by atoms with van der Waals surface area (Å²) in [5.74, 6) is 1.54. The third-order valence-corrected chi connectivity index (χ3v) is 4.93. The molecule has 1 saturated heterocycles. The van der Waals surface area contributed by atoms with Crippen LogP contribution in [0.5, 0.6) is 0 Å². The SMILES string of the molecule is C[C@@H]1C[C@@H]2c3cccc4[nH]cc(c34)C[C@H]2N(C)C1.[Pr]. The van der Waals surface area contributed by atoms with Crippen molar-refractivity contribution < 1.29 is 41.3 Å². The summed E-state index contributed by atoms with van der Waals surface area (Å²) in [7, 11) is 2.30. The number of hydrogen-bond donors (Lipinski definition) is 1. The summed E-state index contributed by atoms with van der Waals surface area (Å²) >= 11 is 0. The second-order valence-electron chi connectivity index (χ2n) is 6.24. The van der Waals surface area contributed by atoms with Crippen LogP contribution in [0.2, 0.25) is 0 Å². The Morgan fingerprint density at radius 3 is 3.00 bits per heavy atom. The zero-order valence-electron chi connectivity index (χ0n) is 11.7. The van der Waals surface area contributed by atoms with Crippen molar-refractivity contribution in [1.82, 2.24) is 9.88 Å². The van der Waals surface area contributed by atoms with E-state index in [-0.39, 0.29) is 41.3 Å². The molecule has 1 fully saturated rings. The maximum atomic E-state index is 3.44. The topological polar surface area (TPSA) is 19.0 Å². The van der Waals surface area contributed by atoms with Crippen molar-refractivity contribution in [2.24, 2.45) is 5.92 Å². The molecule has 0 spiro atoms. The standard InChI is InChI=1S/C16H20N2.Pr/c1-10-6-13-12-4-3-5-14-16(12)11(8-17-14)7-15(13)18(2)9-10;/h3-5,8,10,13,15,17H,6-7,9H2,1-2H3;/t10-,13-,15-;/m1./s1. The van der Waals surface area contributed by atoms with Crippen LogP contribution >= 0.6 is 0 Å². The van der Waals surface area contributed by atoms with Crippen molar-refractivity contribution in [3.8, 4) is 0 Å². The summed E-state index contributed by atoms with van der Waals surface area (Å²) in [5.41, 5.74) is 4.42. The van der Waals surface area contributed by atoms with Crippen LogP contribution in [0.15, 0.2) is 24.4 Å². The first-order chi connectivity index (χ1) is 8.74. The summed E-state index contributed by atoms with van der Waals surface area (Å²) in [6.07, 6.45) is 4.78. The summed E-state index contributed by atoms with van der Waals surface area (Å²) in [5, 5.41) is 1.52. The van der Waals surface area contributed by atoms with Crippen LogP contribution < -0.4 is 0 Å². The van der Waals surface area contributed by atoms with Crippen molar-refractivity contribution in [3.63, 3.8) is 0 Å². The van der Waals surface area contributed by atoms with Gasteiger partial charge in [0.25, 0.3) is 0 Å². The van der Waals surface area contributed by atoms with Gasteiger partial charge in [0.2, 0.25) is 0 Å². The number of likely N-dealkylation sites (N-methyl/N-ethyl adjacent to an activating group) is 1. The molecule has 1 aliphatic heterocycles. The number of hydrogen-bond acceptors (Lipinski definition) is 1. The first-order valence-electron chi connectivity index (χ1n) is 7.03. The number of likely N-dealkylation sites (tertiary alicyclic amines) is 1. The zero-order chi connectivity index (χ0) is 12.3. The monoisotopic (exact) mass is 381 g/mol. The van der Waals surface area contributed by atoms with Gasteiger partial charge in [0, 0.05) is 76.9 Å². The number of H-pyrrole nitrogens is 1. The fourth-order valence-corrected chi connectivity index (χ4v) is 4.21. The van der Waals surface area contributed by atoms with Crippen LogP contribution in [0.3, 0.4) is 0 Å². The van der Waals surface area contributed by atoms with Crippen molar-refractivity contribution >= 4 is 10.9 Å². The number of rotatable bonds is 0. The van der Waals surface area contributed by atoms with E-state index in [0.717, 1.165) is 11.8 Å². The van der Waals surface area contributed by atoms with Gasteiger partial charge in [-0.15, -0.1) is 0 Å². The Morgan fingerprint density at radius 1 is 1.32 bits per heavy atom. The van der Waals surface area contributed by atoms with E-state index < -0.39 is 0 Å². The molecule has 1 aromatic carbocycles. The molecule has 2 aliphatic rings. The van der Waals surface area contributed by atoms with Gasteiger partial charge in [0.15, 0.2) is 0 Å². The number of nitrogens with zero attached hydrogens (tertiary/aromatic N) is 1. The minimum Gasteiger partial charge on any atom is -0.361 e. The Bertz CT molecular complexity index is 604. The van der Waals surface area contributed by atoms with Gasteiger partial charge < -0.3 is 9.88 Å². The predicted octanol–water partition coefficient (Wildman–Crippen LogP) is 3.15. The van der Waals surface area contributed by atoms with Crippen molar-refractivity contribution in [1.29, 1.82) is 0 Å². The number of fused-ring (bicyclic) bond motifs is 2. The van der Waals surface area contributed by atoms with Gasteiger partial charge >= 0.3 is 0 Å². The first kappa shape index (κ1) is 14.0. The molecule has 1 aromatic heterocycles. The summed E-state index contributed by atoms with van der Waals surface area (Å²) in [4.78, 5) is 6.01. The van der Waals surface area contributed by atoms with Gasteiger partial charge in [0.1, 0.15) is 0 Å². The predicted molar refractivity (Wildman–Crippen MR) is 74.9 cm³/mol. The molecule has 97 valence electrons. The second kappa shape index (κ2) is 5.13. The fraction of sp³-hybridized carbons (Fsp3) is 0.500. The van der Waals surface area contributed by atoms with Gasteiger partial charge in [0.05, 0.1) is 0 Å². The second-order valence-corrected chi connectivity index (χ2v) is 6.24. The van der Waals surface area contributed by atoms with Crippen LogP contribution in [0.1, 0.15) is 30.4 Å². The molecule has 4 rings (SSSR count). The smallest absolute Gasteiger partial charge is 0.0459 e. The van der Waals surface area contributed by atoms with E-state index in [2.05, 4.69) is 48.3 Å². The normalized spacial score (nSPS) is 29.9. The maximum absolute atomic E-state index is 3.44. The van der Waals surface area contributed by atoms with E-state index in [4.69, 9.17) is 0 Å². The average molecular weight is 381 g/mol. The molecule has 2 heterocycles. The molecule has 2 aromatic rings. The Kier molecular flexibility index (Phi) is 3.79. The Labute approximate surface area is 147 Å². The number of benzene rings is 1. The van der Waals surface area contributed by atoms with Gasteiger partial charge in [-0.05, 0) is 43.0 Å². The van der Waals surface area contributed by atoms with E-state index >= 15 is 0 Å². The van der Waals surface area contributed by atoms with Gasteiger partial charge in [-0.1, -0.05) is 19.1 Å². The molecule has 1 radical (unpaired) electrons. The molecule has 0 unspecified atom stereocenters.